The van der Waals surface area contributed by atoms with Crippen molar-refractivity contribution in [2.75, 3.05) is 4.90 Å². The number of rotatable bonds is 6. The zero-order chi connectivity index (χ0) is 34.4. The van der Waals surface area contributed by atoms with Crippen molar-refractivity contribution in [2.45, 2.75) is 0 Å². The number of anilines is 3. The molecule has 0 bridgehead atoms. The second kappa shape index (κ2) is 12.5. The summed E-state index contributed by atoms with van der Waals surface area (Å²) in [6.45, 7) is 0. The average Bonchev–Trinajstić information content (AvgIpc) is 3.60. The molecule has 1 heterocycles. The van der Waals surface area contributed by atoms with Crippen LogP contribution in [-0.4, -0.2) is 0 Å². The Hall–Kier alpha value is -6.90. The normalized spacial score (nSPS) is 11.5. The van der Waals surface area contributed by atoms with Gasteiger partial charge in [-0.25, -0.2) is 0 Å². The van der Waals surface area contributed by atoms with Crippen LogP contribution >= 0.6 is 0 Å². The van der Waals surface area contributed by atoms with Gasteiger partial charge in [0.1, 0.15) is 11.2 Å². The molecule has 0 unspecified atom stereocenters. The van der Waals surface area contributed by atoms with E-state index in [1.807, 2.05) is 12.1 Å². The molecule has 1 aromatic heterocycles. The Morgan fingerprint density at radius 2 is 0.885 bits per heavy atom. The third kappa shape index (κ3) is 5.21. The first kappa shape index (κ1) is 30.0. The Balaban J connectivity index is 1.11. The largest absolute Gasteiger partial charge is 0.456 e. The van der Waals surface area contributed by atoms with Gasteiger partial charge in [-0.1, -0.05) is 152 Å². The predicted octanol–water partition coefficient (Wildman–Crippen LogP) is 14.4. The first-order chi connectivity index (χ1) is 25.8. The van der Waals surface area contributed by atoms with E-state index in [-0.39, 0.29) is 0 Å². The monoisotopic (exact) mass is 663 g/mol. The Morgan fingerprint density at radius 3 is 1.69 bits per heavy atom. The Morgan fingerprint density at radius 1 is 0.327 bits per heavy atom. The summed E-state index contributed by atoms with van der Waals surface area (Å²) in [7, 11) is 0. The molecule has 0 amide bonds. The second-order valence-corrected chi connectivity index (χ2v) is 13.4. The first-order valence-electron chi connectivity index (χ1n) is 17.8. The first-order valence-corrected chi connectivity index (χ1v) is 17.8. The van der Waals surface area contributed by atoms with Crippen LogP contribution in [0.3, 0.4) is 0 Å². The fraction of sp³-hybridized carbons (Fsp3) is 0. The van der Waals surface area contributed by atoms with E-state index in [0.717, 1.165) is 44.6 Å². The van der Waals surface area contributed by atoms with E-state index >= 15 is 0 Å². The van der Waals surface area contributed by atoms with Crippen LogP contribution in [0.2, 0.25) is 0 Å². The van der Waals surface area contributed by atoms with Gasteiger partial charge >= 0.3 is 0 Å². The Labute approximate surface area is 302 Å². The zero-order valence-corrected chi connectivity index (χ0v) is 28.4. The fourth-order valence-electron chi connectivity index (χ4n) is 7.71. The highest BCUT2D eigenvalue weighted by atomic mass is 16.3. The van der Waals surface area contributed by atoms with Gasteiger partial charge in [-0.05, 0) is 103 Å². The molecule has 0 N–H and O–H groups in total. The molecule has 52 heavy (non-hydrogen) atoms. The minimum Gasteiger partial charge on any atom is -0.456 e. The lowest BCUT2D eigenvalue weighted by Crippen LogP contribution is -2.10. The minimum absolute atomic E-state index is 0.870. The van der Waals surface area contributed by atoms with Gasteiger partial charge < -0.3 is 9.32 Å². The zero-order valence-electron chi connectivity index (χ0n) is 28.4. The number of nitrogens with zero attached hydrogens (tertiary/aromatic N) is 1. The molecule has 9 aromatic carbocycles. The minimum atomic E-state index is 0.870. The quantitative estimate of drug-likeness (QED) is 0.176. The van der Waals surface area contributed by atoms with Crippen molar-refractivity contribution in [2.24, 2.45) is 0 Å². The molecule has 244 valence electrons. The highest BCUT2D eigenvalue weighted by Crippen LogP contribution is 2.44. The lowest BCUT2D eigenvalue weighted by molar-refractivity contribution is 0.669. The average molecular weight is 664 g/mol. The number of furan rings is 1. The smallest absolute Gasteiger partial charge is 0.137 e. The van der Waals surface area contributed by atoms with Gasteiger partial charge in [0.2, 0.25) is 0 Å². The molecule has 10 rings (SSSR count). The summed E-state index contributed by atoms with van der Waals surface area (Å²) in [5.41, 5.74) is 12.1. The second-order valence-electron chi connectivity index (χ2n) is 13.4. The van der Waals surface area contributed by atoms with E-state index in [4.69, 9.17) is 4.42 Å². The molecule has 10 aromatic rings. The van der Waals surface area contributed by atoms with E-state index in [1.165, 1.54) is 49.4 Å². The maximum absolute atomic E-state index is 6.39. The lowest BCUT2D eigenvalue weighted by Gasteiger charge is -2.27. The molecule has 0 radical (unpaired) electrons. The lowest BCUT2D eigenvalue weighted by atomic mass is 9.97. The van der Waals surface area contributed by atoms with Crippen molar-refractivity contribution >= 4 is 60.5 Å². The van der Waals surface area contributed by atoms with Crippen LogP contribution in [-0.2, 0) is 0 Å². The van der Waals surface area contributed by atoms with Crippen LogP contribution < -0.4 is 4.90 Å². The number of fused-ring (bicyclic) bond motifs is 5. The summed E-state index contributed by atoms with van der Waals surface area (Å²) < 4.78 is 6.39. The van der Waals surface area contributed by atoms with Gasteiger partial charge in [0.15, 0.2) is 0 Å². The van der Waals surface area contributed by atoms with Gasteiger partial charge in [-0.3, -0.25) is 0 Å². The Kier molecular flexibility index (Phi) is 7.18. The molecule has 0 fully saturated rings. The van der Waals surface area contributed by atoms with E-state index in [0.29, 0.717) is 0 Å². The van der Waals surface area contributed by atoms with Crippen LogP contribution in [0.15, 0.2) is 205 Å². The fourth-order valence-corrected chi connectivity index (χ4v) is 7.71. The molecule has 0 saturated heterocycles. The number of hydrogen-bond acceptors (Lipinski definition) is 2. The highest BCUT2D eigenvalue weighted by molar-refractivity contribution is 6.13. The van der Waals surface area contributed by atoms with Gasteiger partial charge in [-0.15, -0.1) is 0 Å². The number of para-hydroxylation sites is 1. The molecule has 0 saturated carbocycles. The van der Waals surface area contributed by atoms with E-state index in [1.54, 1.807) is 0 Å². The van der Waals surface area contributed by atoms with Gasteiger partial charge in [0, 0.05) is 16.8 Å². The maximum Gasteiger partial charge on any atom is 0.137 e. The molecular formula is C50H33NO. The molecular weight excluding hydrogens is 631 g/mol. The standard InChI is InChI=1S/C50H33NO/c1-2-13-38-31-40(30-29-34(38)11-1)36-27-25-35(26-28-36)39-15-7-17-42(32-39)51(47-22-10-24-49-50(47)46-20-5-6-23-48(46)52-49)43-18-8-16-41(33-43)45-21-9-14-37-12-3-4-19-44(37)45/h1-33H. The maximum atomic E-state index is 6.39. The van der Waals surface area contributed by atoms with Crippen LogP contribution in [0.5, 0.6) is 0 Å². The molecule has 2 nitrogen and oxygen atoms in total. The van der Waals surface area contributed by atoms with Crippen molar-refractivity contribution < 1.29 is 4.42 Å². The molecule has 0 aliphatic rings. The van der Waals surface area contributed by atoms with E-state index in [2.05, 4.69) is 193 Å². The summed E-state index contributed by atoms with van der Waals surface area (Å²) in [4.78, 5) is 2.38. The van der Waals surface area contributed by atoms with Crippen molar-refractivity contribution in [3.63, 3.8) is 0 Å². The van der Waals surface area contributed by atoms with E-state index < -0.39 is 0 Å². The Bertz CT molecular complexity index is 2910. The van der Waals surface area contributed by atoms with Crippen LogP contribution in [0, 0.1) is 0 Å². The van der Waals surface area contributed by atoms with Crippen LogP contribution in [0.4, 0.5) is 17.1 Å². The van der Waals surface area contributed by atoms with Crippen molar-refractivity contribution in [3.05, 3.63) is 200 Å². The van der Waals surface area contributed by atoms with Gasteiger partial charge in [0.25, 0.3) is 0 Å². The van der Waals surface area contributed by atoms with Gasteiger partial charge in [0.05, 0.1) is 11.1 Å². The predicted molar refractivity (Wildman–Crippen MR) is 220 cm³/mol. The summed E-state index contributed by atoms with van der Waals surface area (Å²) >= 11 is 0. The molecule has 0 spiro atoms. The summed E-state index contributed by atoms with van der Waals surface area (Å²) in [5.74, 6) is 0. The topological polar surface area (TPSA) is 16.4 Å². The van der Waals surface area contributed by atoms with Gasteiger partial charge in [-0.2, -0.15) is 0 Å². The molecule has 0 aliphatic heterocycles. The SMILES string of the molecule is c1cc(-c2ccc(-c3ccc4ccccc4c3)cc2)cc(N(c2cccc(-c3cccc4ccccc34)c2)c2cccc3oc4ccccc4c23)c1. The summed E-state index contributed by atoms with van der Waals surface area (Å²) in [6, 6.07) is 71.8. The molecule has 2 heteroatoms. The number of hydrogen-bond donors (Lipinski definition) is 0. The van der Waals surface area contributed by atoms with Crippen molar-refractivity contribution in [1.82, 2.24) is 0 Å². The van der Waals surface area contributed by atoms with Crippen molar-refractivity contribution in [3.8, 4) is 33.4 Å². The molecule has 0 aliphatic carbocycles. The van der Waals surface area contributed by atoms with Crippen molar-refractivity contribution in [1.29, 1.82) is 0 Å². The highest BCUT2D eigenvalue weighted by Gasteiger charge is 2.20. The summed E-state index contributed by atoms with van der Waals surface area (Å²) in [5, 5.41) is 7.18. The van der Waals surface area contributed by atoms with Crippen LogP contribution in [0.1, 0.15) is 0 Å². The molecule has 0 atom stereocenters. The van der Waals surface area contributed by atoms with E-state index in [9.17, 15) is 0 Å². The third-order valence-electron chi connectivity index (χ3n) is 10.2. The number of benzene rings is 9. The summed E-state index contributed by atoms with van der Waals surface area (Å²) in [6.07, 6.45) is 0. The van der Waals surface area contributed by atoms with Crippen LogP contribution in [0.25, 0.3) is 76.9 Å². The third-order valence-corrected chi connectivity index (χ3v) is 10.2.